The van der Waals surface area contributed by atoms with Gasteiger partial charge in [-0.05, 0) is 12.8 Å². The Morgan fingerprint density at radius 2 is 1.42 bits per heavy atom. The molecule has 0 aromatic rings. The van der Waals surface area contributed by atoms with Crippen molar-refractivity contribution in [1.82, 2.24) is 0 Å². The van der Waals surface area contributed by atoms with Crippen LogP contribution < -0.4 is 0 Å². The zero-order valence-electron chi connectivity index (χ0n) is 15.5. The Balaban J connectivity index is 3.87. The highest BCUT2D eigenvalue weighted by Gasteiger charge is 2.19. The Morgan fingerprint density at radius 3 is 2.00 bits per heavy atom. The molecule has 0 bridgehead atoms. The van der Waals surface area contributed by atoms with Gasteiger partial charge in [-0.25, -0.2) is 0 Å². The van der Waals surface area contributed by atoms with E-state index < -0.39 is 24.1 Å². The van der Waals surface area contributed by atoms with Gasteiger partial charge in [0.1, 0.15) is 6.10 Å². The van der Waals surface area contributed by atoms with Crippen LogP contribution in [-0.4, -0.2) is 34.4 Å². The smallest absolute Gasteiger partial charge is 0.308 e. The first kappa shape index (κ1) is 22.9. The molecule has 0 saturated carbocycles. The quantitative estimate of drug-likeness (QED) is 0.319. The van der Waals surface area contributed by atoms with Gasteiger partial charge >= 0.3 is 11.9 Å². The fraction of sp³-hybridized carbons (Fsp3) is 0.895. The Bertz CT molecular complexity index is 330. The molecule has 0 fully saturated rings. The second-order valence-electron chi connectivity index (χ2n) is 6.62. The van der Waals surface area contributed by atoms with Crippen LogP contribution in [0.2, 0.25) is 0 Å². The fourth-order valence-electron chi connectivity index (χ4n) is 2.69. The van der Waals surface area contributed by atoms with E-state index in [0.717, 1.165) is 25.7 Å². The molecule has 0 aliphatic heterocycles. The zero-order valence-corrected chi connectivity index (χ0v) is 15.5. The lowest BCUT2D eigenvalue weighted by molar-refractivity contribution is -0.155. The van der Waals surface area contributed by atoms with Gasteiger partial charge in [0, 0.05) is 0 Å². The van der Waals surface area contributed by atoms with Crippen LogP contribution in [0, 0.1) is 0 Å². The monoisotopic (exact) mass is 344 g/mol. The molecule has 0 spiro atoms. The average Bonchev–Trinajstić information content (AvgIpc) is 2.51. The van der Waals surface area contributed by atoms with Gasteiger partial charge in [-0.3, -0.25) is 9.59 Å². The van der Waals surface area contributed by atoms with Gasteiger partial charge in [-0.1, -0.05) is 71.6 Å². The standard InChI is InChI=1S/C19H36O5/c1-3-5-7-8-9-10-11-12-16(20)14-19(23)24-17(13-6-4-2)15-18(21)22/h16-17,20H,3-15H2,1-2H3,(H,21,22). The van der Waals surface area contributed by atoms with Gasteiger partial charge in [0.25, 0.3) is 0 Å². The van der Waals surface area contributed by atoms with E-state index in [-0.39, 0.29) is 12.8 Å². The predicted molar refractivity (Wildman–Crippen MR) is 94.9 cm³/mol. The number of unbranched alkanes of at least 4 members (excludes halogenated alkanes) is 7. The van der Waals surface area contributed by atoms with Crippen LogP contribution in [0.25, 0.3) is 0 Å². The first-order valence-corrected chi connectivity index (χ1v) is 9.58. The lowest BCUT2D eigenvalue weighted by atomic mass is 10.0. The summed E-state index contributed by atoms with van der Waals surface area (Å²) in [6.45, 7) is 4.20. The second kappa shape index (κ2) is 15.4. The topological polar surface area (TPSA) is 83.8 Å². The lowest BCUT2D eigenvalue weighted by Gasteiger charge is -2.17. The van der Waals surface area contributed by atoms with E-state index in [4.69, 9.17) is 9.84 Å². The SMILES string of the molecule is CCCCCCCCCC(O)CC(=O)OC(CCCC)CC(=O)O. The second-order valence-corrected chi connectivity index (χ2v) is 6.62. The number of aliphatic carboxylic acids is 1. The summed E-state index contributed by atoms with van der Waals surface area (Å²) in [6, 6.07) is 0. The molecule has 0 aromatic heterocycles. The van der Waals surface area contributed by atoms with Crippen molar-refractivity contribution < 1.29 is 24.5 Å². The van der Waals surface area contributed by atoms with Crippen LogP contribution in [-0.2, 0) is 14.3 Å². The third-order valence-corrected chi connectivity index (χ3v) is 4.12. The van der Waals surface area contributed by atoms with E-state index in [1.165, 1.54) is 32.1 Å². The maximum absolute atomic E-state index is 11.8. The Hall–Kier alpha value is -1.10. The van der Waals surface area contributed by atoms with Crippen molar-refractivity contribution in [3.05, 3.63) is 0 Å². The third-order valence-electron chi connectivity index (χ3n) is 4.12. The minimum absolute atomic E-state index is 0.0436. The molecule has 2 atom stereocenters. The van der Waals surface area contributed by atoms with Gasteiger partial charge < -0.3 is 14.9 Å². The molecular weight excluding hydrogens is 308 g/mol. The Kier molecular flexibility index (Phi) is 14.7. The first-order valence-electron chi connectivity index (χ1n) is 9.58. The Labute approximate surface area is 146 Å². The molecule has 0 aliphatic carbocycles. The van der Waals surface area contributed by atoms with Crippen molar-refractivity contribution in [2.24, 2.45) is 0 Å². The highest BCUT2D eigenvalue weighted by Crippen LogP contribution is 2.14. The van der Waals surface area contributed by atoms with Gasteiger partial charge in [-0.2, -0.15) is 0 Å². The maximum Gasteiger partial charge on any atom is 0.308 e. The normalized spacial score (nSPS) is 13.5. The summed E-state index contributed by atoms with van der Waals surface area (Å²) in [4.78, 5) is 22.6. The summed E-state index contributed by atoms with van der Waals surface area (Å²) in [6.07, 6.45) is 9.62. The minimum Gasteiger partial charge on any atom is -0.481 e. The molecule has 5 nitrogen and oxygen atoms in total. The van der Waals surface area contributed by atoms with Crippen molar-refractivity contribution in [3.8, 4) is 0 Å². The van der Waals surface area contributed by atoms with Crippen molar-refractivity contribution in [3.63, 3.8) is 0 Å². The molecule has 0 rings (SSSR count). The molecule has 0 heterocycles. The molecule has 2 N–H and O–H groups in total. The number of carbonyl (C=O) groups excluding carboxylic acids is 1. The van der Waals surface area contributed by atoms with Gasteiger partial charge in [0.05, 0.1) is 18.9 Å². The van der Waals surface area contributed by atoms with Crippen LogP contribution >= 0.6 is 0 Å². The summed E-state index contributed by atoms with van der Waals surface area (Å²) in [7, 11) is 0. The van der Waals surface area contributed by atoms with Crippen LogP contribution in [0.15, 0.2) is 0 Å². The molecule has 0 amide bonds. The molecular formula is C19H36O5. The number of ether oxygens (including phenoxy) is 1. The van der Waals surface area contributed by atoms with Crippen LogP contribution in [0.3, 0.4) is 0 Å². The van der Waals surface area contributed by atoms with Gasteiger partial charge in [-0.15, -0.1) is 0 Å². The average molecular weight is 344 g/mol. The largest absolute Gasteiger partial charge is 0.481 e. The van der Waals surface area contributed by atoms with Crippen LogP contribution in [0.4, 0.5) is 0 Å². The summed E-state index contributed by atoms with van der Waals surface area (Å²) >= 11 is 0. The number of carboxylic acids is 1. The van der Waals surface area contributed by atoms with Gasteiger partial charge in [0.15, 0.2) is 0 Å². The van der Waals surface area contributed by atoms with Crippen molar-refractivity contribution in [1.29, 1.82) is 0 Å². The summed E-state index contributed by atoms with van der Waals surface area (Å²) in [5.41, 5.74) is 0. The number of carboxylic acid groups (broad SMARTS) is 1. The van der Waals surface area contributed by atoms with Crippen molar-refractivity contribution >= 4 is 11.9 Å². The third kappa shape index (κ3) is 14.5. The summed E-state index contributed by atoms with van der Waals surface area (Å²) in [5, 5.41) is 18.8. The number of hydrogen-bond donors (Lipinski definition) is 2. The van der Waals surface area contributed by atoms with Crippen molar-refractivity contribution in [2.45, 2.75) is 110 Å². The molecule has 0 aliphatic rings. The highest BCUT2D eigenvalue weighted by molar-refractivity contribution is 5.71. The van der Waals surface area contributed by atoms with E-state index >= 15 is 0 Å². The molecule has 0 saturated heterocycles. The molecule has 0 radical (unpaired) electrons. The molecule has 142 valence electrons. The highest BCUT2D eigenvalue weighted by atomic mass is 16.5. The van der Waals surface area contributed by atoms with Crippen LogP contribution in [0.5, 0.6) is 0 Å². The molecule has 0 aromatic carbocycles. The number of esters is 1. The van der Waals surface area contributed by atoms with E-state index in [1.54, 1.807) is 0 Å². The number of carbonyl (C=O) groups is 2. The van der Waals surface area contributed by atoms with E-state index in [1.807, 2.05) is 6.92 Å². The summed E-state index contributed by atoms with van der Waals surface area (Å²) in [5.74, 6) is -1.46. The minimum atomic E-state index is -0.965. The lowest BCUT2D eigenvalue weighted by Crippen LogP contribution is -2.24. The predicted octanol–water partition coefficient (Wildman–Crippen LogP) is 4.45. The van der Waals surface area contributed by atoms with E-state index in [0.29, 0.717) is 12.8 Å². The molecule has 5 heteroatoms. The zero-order chi connectivity index (χ0) is 18.2. The van der Waals surface area contributed by atoms with E-state index in [2.05, 4.69) is 6.92 Å². The maximum atomic E-state index is 11.8. The first-order chi connectivity index (χ1) is 11.5. The number of aliphatic hydroxyl groups excluding tert-OH is 1. The van der Waals surface area contributed by atoms with E-state index in [9.17, 15) is 14.7 Å². The fourth-order valence-corrected chi connectivity index (χ4v) is 2.69. The molecule has 24 heavy (non-hydrogen) atoms. The number of hydrogen-bond acceptors (Lipinski definition) is 4. The molecule has 2 unspecified atom stereocenters. The van der Waals surface area contributed by atoms with Crippen molar-refractivity contribution in [2.75, 3.05) is 0 Å². The number of rotatable bonds is 16. The number of aliphatic hydroxyl groups is 1. The van der Waals surface area contributed by atoms with Gasteiger partial charge in [0.2, 0.25) is 0 Å². The Morgan fingerprint density at radius 1 is 0.833 bits per heavy atom. The van der Waals surface area contributed by atoms with Crippen LogP contribution in [0.1, 0.15) is 97.3 Å². The summed E-state index contributed by atoms with van der Waals surface area (Å²) < 4.78 is 5.23.